The number of aromatic hydroxyl groups is 1. The first-order valence-electron chi connectivity index (χ1n) is 4.29. The van der Waals surface area contributed by atoms with E-state index in [4.69, 9.17) is 0 Å². The fourth-order valence-electron chi connectivity index (χ4n) is 1.19. The highest BCUT2D eigenvalue weighted by molar-refractivity contribution is 9.10. The number of hydrogen-bond acceptors (Lipinski definition) is 4. The van der Waals surface area contributed by atoms with E-state index in [1.165, 1.54) is 6.07 Å². The van der Waals surface area contributed by atoms with Crippen molar-refractivity contribution in [2.75, 3.05) is 0 Å². The monoisotopic (exact) mass is 299 g/mol. The summed E-state index contributed by atoms with van der Waals surface area (Å²) in [6, 6.07) is 4.83. The summed E-state index contributed by atoms with van der Waals surface area (Å²) in [5.74, 6) is -0.263. The van der Waals surface area contributed by atoms with E-state index >= 15 is 0 Å². The number of imide groups is 1. The highest BCUT2D eigenvalue weighted by Crippen LogP contribution is 2.29. The first kappa shape index (κ1) is 11.2. The van der Waals surface area contributed by atoms with Crippen LogP contribution < -0.4 is 5.32 Å². The Morgan fingerprint density at radius 1 is 1.38 bits per heavy atom. The van der Waals surface area contributed by atoms with Crippen LogP contribution in [0.15, 0.2) is 27.6 Å². The number of halogens is 1. The van der Waals surface area contributed by atoms with Crippen molar-refractivity contribution in [3.63, 3.8) is 0 Å². The first-order chi connectivity index (χ1) is 7.56. The van der Waals surface area contributed by atoms with Crippen LogP contribution in [0.4, 0.5) is 4.79 Å². The molecule has 0 saturated carbocycles. The third-order valence-corrected chi connectivity index (χ3v) is 3.36. The Balaban J connectivity index is 2.32. The van der Waals surface area contributed by atoms with Gasteiger partial charge >= 0.3 is 0 Å². The predicted molar refractivity (Wildman–Crippen MR) is 64.9 cm³/mol. The van der Waals surface area contributed by atoms with Crippen LogP contribution in [-0.4, -0.2) is 16.3 Å². The molecule has 1 aliphatic rings. The van der Waals surface area contributed by atoms with Crippen molar-refractivity contribution in [3.8, 4) is 5.75 Å². The molecule has 4 nitrogen and oxygen atoms in total. The van der Waals surface area contributed by atoms with Gasteiger partial charge in [-0.15, -0.1) is 0 Å². The van der Waals surface area contributed by atoms with Gasteiger partial charge in [0.1, 0.15) is 5.75 Å². The van der Waals surface area contributed by atoms with E-state index in [-0.39, 0.29) is 16.9 Å². The molecule has 1 aliphatic heterocycles. The normalized spacial score (nSPS) is 17.9. The highest BCUT2D eigenvalue weighted by atomic mass is 79.9. The zero-order valence-electron chi connectivity index (χ0n) is 7.86. The Bertz CT molecular complexity index is 513. The number of rotatable bonds is 1. The smallest absolute Gasteiger partial charge is 0.290 e. The molecule has 2 N–H and O–H groups in total. The molecule has 0 bridgehead atoms. The molecule has 2 rings (SSSR count). The van der Waals surface area contributed by atoms with Crippen molar-refractivity contribution in [1.82, 2.24) is 5.32 Å². The van der Waals surface area contributed by atoms with Crippen LogP contribution >= 0.6 is 27.7 Å². The van der Waals surface area contributed by atoms with Crippen LogP contribution in [0.2, 0.25) is 0 Å². The number of thioether (sulfide) groups is 1. The first-order valence-corrected chi connectivity index (χ1v) is 5.90. The van der Waals surface area contributed by atoms with Crippen LogP contribution in [0.3, 0.4) is 0 Å². The summed E-state index contributed by atoms with van der Waals surface area (Å²) in [6.07, 6.45) is 1.59. The van der Waals surface area contributed by atoms with Crippen LogP contribution in [-0.2, 0) is 4.79 Å². The van der Waals surface area contributed by atoms with E-state index in [2.05, 4.69) is 21.2 Å². The molecular formula is C10H6BrNO3S. The van der Waals surface area contributed by atoms with Crippen LogP contribution in [0.5, 0.6) is 5.75 Å². The van der Waals surface area contributed by atoms with E-state index in [0.29, 0.717) is 9.38 Å². The molecule has 6 heteroatoms. The molecule has 0 radical (unpaired) electrons. The summed E-state index contributed by atoms with van der Waals surface area (Å²) in [4.78, 5) is 22.5. The molecule has 1 aromatic rings. The maximum atomic E-state index is 11.3. The number of amides is 2. The summed E-state index contributed by atoms with van der Waals surface area (Å²) >= 11 is 4.03. The summed E-state index contributed by atoms with van der Waals surface area (Å²) in [6.45, 7) is 0. The Morgan fingerprint density at radius 2 is 2.12 bits per heavy atom. The molecule has 1 fully saturated rings. The molecule has 0 unspecified atom stereocenters. The van der Waals surface area contributed by atoms with Gasteiger partial charge in [-0.2, -0.15) is 0 Å². The molecule has 82 valence electrons. The Labute approximate surface area is 104 Å². The zero-order valence-corrected chi connectivity index (χ0v) is 10.3. The Morgan fingerprint density at radius 3 is 2.69 bits per heavy atom. The van der Waals surface area contributed by atoms with Crippen LogP contribution in [0, 0.1) is 0 Å². The molecular weight excluding hydrogens is 294 g/mol. The van der Waals surface area contributed by atoms with Gasteiger partial charge in [0.2, 0.25) is 0 Å². The van der Waals surface area contributed by atoms with Crippen molar-refractivity contribution in [1.29, 1.82) is 0 Å². The Hall–Kier alpha value is -1.27. The second-order valence-electron chi connectivity index (χ2n) is 3.06. The molecule has 16 heavy (non-hydrogen) atoms. The molecule has 2 amide bonds. The number of benzene rings is 1. The quantitative estimate of drug-likeness (QED) is 0.782. The molecule has 0 aromatic heterocycles. The maximum Gasteiger partial charge on any atom is 0.290 e. The number of phenolic OH excluding ortho intramolecular Hbond substituents is 1. The van der Waals surface area contributed by atoms with Gasteiger partial charge < -0.3 is 5.11 Å². The molecule has 1 aromatic carbocycles. The zero-order chi connectivity index (χ0) is 11.7. The maximum absolute atomic E-state index is 11.3. The topological polar surface area (TPSA) is 66.4 Å². The number of nitrogens with one attached hydrogen (secondary N) is 1. The van der Waals surface area contributed by atoms with Crippen molar-refractivity contribution >= 4 is 44.9 Å². The van der Waals surface area contributed by atoms with E-state index in [1.54, 1.807) is 18.2 Å². The Kier molecular flexibility index (Phi) is 3.02. The van der Waals surface area contributed by atoms with Gasteiger partial charge in [0, 0.05) is 0 Å². The van der Waals surface area contributed by atoms with Gasteiger partial charge in [-0.1, -0.05) is 6.07 Å². The second kappa shape index (κ2) is 4.31. The highest BCUT2D eigenvalue weighted by Gasteiger charge is 2.24. The standard InChI is InChI=1S/C10H6BrNO3S/c11-6-3-5(1-2-7(6)13)4-8-9(14)12-10(15)16-8/h1-4,13H,(H,12,14,15). The number of hydrogen-bond donors (Lipinski definition) is 2. The minimum absolute atomic E-state index is 0.127. The number of carbonyl (C=O) groups excluding carboxylic acids is 2. The van der Waals surface area contributed by atoms with E-state index in [9.17, 15) is 14.7 Å². The average Bonchev–Trinajstić information content (AvgIpc) is 2.51. The van der Waals surface area contributed by atoms with E-state index < -0.39 is 0 Å². The van der Waals surface area contributed by atoms with Gasteiger partial charge in [0.25, 0.3) is 11.1 Å². The van der Waals surface area contributed by atoms with Gasteiger partial charge in [-0.25, -0.2) is 0 Å². The van der Waals surface area contributed by atoms with Crippen molar-refractivity contribution in [3.05, 3.63) is 33.1 Å². The van der Waals surface area contributed by atoms with Crippen LogP contribution in [0.25, 0.3) is 6.08 Å². The molecule has 0 aliphatic carbocycles. The lowest BCUT2D eigenvalue weighted by Crippen LogP contribution is -2.17. The minimum Gasteiger partial charge on any atom is -0.507 e. The van der Waals surface area contributed by atoms with Gasteiger partial charge in [-0.05, 0) is 51.5 Å². The van der Waals surface area contributed by atoms with Crippen LogP contribution in [0.1, 0.15) is 5.56 Å². The van der Waals surface area contributed by atoms with Crippen molar-refractivity contribution < 1.29 is 14.7 Å². The van der Waals surface area contributed by atoms with E-state index in [0.717, 1.165) is 17.3 Å². The lowest BCUT2D eigenvalue weighted by atomic mass is 10.2. The largest absolute Gasteiger partial charge is 0.507 e. The van der Waals surface area contributed by atoms with Gasteiger partial charge in [-0.3, -0.25) is 14.9 Å². The van der Waals surface area contributed by atoms with Gasteiger partial charge in [0.05, 0.1) is 9.38 Å². The van der Waals surface area contributed by atoms with Gasteiger partial charge in [0.15, 0.2) is 0 Å². The lowest BCUT2D eigenvalue weighted by Gasteiger charge is -1.98. The van der Waals surface area contributed by atoms with Crippen molar-refractivity contribution in [2.24, 2.45) is 0 Å². The summed E-state index contributed by atoms with van der Waals surface area (Å²) in [5.41, 5.74) is 0.733. The lowest BCUT2D eigenvalue weighted by molar-refractivity contribution is -0.115. The summed E-state index contributed by atoms with van der Waals surface area (Å²) in [5, 5.41) is 11.1. The third kappa shape index (κ3) is 2.28. The summed E-state index contributed by atoms with van der Waals surface area (Å²) < 4.78 is 0.539. The second-order valence-corrected chi connectivity index (χ2v) is 4.93. The molecule has 1 heterocycles. The number of carbonyl (C=O) groups is 2. The SMILES string of the molecule is O=C1NC(=O)C(=Cc2ccc(O)c(Br)c2)S1. The minimum atomic E-state index is -0.390. The van der Waals surface area contributed by atoms with E-state index in [1.807, 2.05) is 0 Å². The fourth-order valence-corrected chi connectivity index (χ4v) is 2.26. The fraction of sp³-hybridized carbons (Fsp3) is 0. The summed E-state index contributed by atoms with van der Waals surface area (Å²) in [7, 11) is 0. The molecule has 0 spiro atoms. The van der Waals surface area contributed by atoms with Crippen molar-refractivity contribution in [2.45, 2.75) is 0 Å². The molecule has 0 atom stereocenters. The third-order valence-electron chi connectivity index (χ3n) is 1.91. The predicted octanol–water partition coefficient (Wildman–Crippen LogP) is 2.48. The number of phenols is 1. The average molecular weight is 300 g/mol. The molecule has 1 saturated heterocycles.